The zero-order chi connectivity index (χ0) is 10.7. The Kier molecular flexibility index (Phi) is 3.28. The van der Waals surface area contributed by atoms with Crippen molar-refractivity contribution in [2.24, 2.45) is 5.73 Å². The third-order valence-corrected chi connectivity index (χ3v) is 2.79. The van der Waals surface area contributed by atoms with Crippen molar-refractivity contribution in [3.8, 4) is 0 Å². The number of rotatable bonds is 3. The zero-order valence-electron chi connectivity index (χ0n) is 9.07. The fourth-order valence-corrected chi connectivity index (χ4v) is 1.85. The summed E-state index contributed by atoms with van der Waals surface area (Å²) in [6, 6.07) is 0. The van der Waals surface area contributed by atoms with Crippen molar-refractivity contribution in [3.05, 3.63) is 23.3 Å². The summed E-state index contributed by atoms with van der Waals surface area (Å²) in [5, 5.41) is 0. The van der Waals surface area contributed by atoms with E-state index in [1.807, 2.05) is 13.1 Å². The number of hydrogen-bond donors (Lipinski definition) is 1. The zero-order valence-corrected chi connectivity index (χ0v) is 9.07. The molecule has 1 aromatic rings. The summed E-state index contributed by atoms with van der Waals surface area (Å²) in [6.07, 6.45) is 5.25. The first-order chi connectivity index (χ1) is 7.29. The topological polar surface area (TPSA) is 61.0 Å². The molecule has 0 radical (unpaired) electrons. The van der Waals surface area contributed by atoms with Gasteiger partial charge >= 0.3 is 0 Å². The fraction of sp³-hybridized carbons (Fsp3) is 0.636. The van der Waals surface area contributed by atoms with Crippen LogP contribution in [0.15, 0.2) is 6.20 Å². The third kappa shape index (κ3) is 2.52. The van der Waals surface area contributed by atoms with Crippen molar-refractivity contribution >= 4 is 0 Å². The third-order valence-electron chi connectivity index (χ3n) is 2.79. The highest BCUT2D eigenvalue weighted by molar-refractivity contribution is 5.15. The van der Waals surface area contributed by atoms with Gasteiger partial charge in [0.2, 0.25) is 0 Å². The molecule has 2 N–H and O–H groups in total. The molecule has 0 bridgehead atoms. The first-order valence-corrected chi connectivity index (χ1v) is 5.42. The monoisotopic (exact) mass is 207 g/mol. The van der Waals surface area contributed by atoms with E-state index in [4.69, 9.17) is 10.5 Å². The Morgan fingerprint density at radius 1 is 1.60 bits per heavy atom. The normalized spacial score (nSPS) is 20.8. The molecule has 2 rings (SSSR count). The maximum absolute atomic E-state index is 5.56. The van der Waals surface area contributed by atoms with Gasteiger partial charge in [-0.05, 0) is 19.8 Å². The van der Waals surface area contributed by atoms with E-state index in [0.29, 0.717) is 12.6 Å². The van der Waals surface area contributed by atoms with E-state index in [-0.39, 0.29) is 0 Å². The van der Waals surface area contributed by atoms with Crippen LogP contribution in [0.25, 0.3) is 0 Å². The molecule has 0 saturated carbocycles. The van der Waals surface area contributed by atoms with Crippen LogP contribution >= 0.6 is 0 Å². The maximum atomic E-state index is 5.56. The Hall–Kier alpha value is -1.00. The van der Waals surface area contributed by atoms with Crippen LogP contribution < -0.4 is 5.73 Å². The van der Waals surface area contributed by atoms with Crippen LogP contribution in [0.1, 0.15) is 29.9 Å². The Bertz CT molecular complexity index is 335. The highest BCUT2D eigenvalue weighted by Crippen LogP contribution is 2.15. The maximum Gasteiger partial charge on any atom is 0.131 e. The van der Waals surface area contributed by atoms with Crippen molar-refractivity contribution in [2.45, 2.75) is 38.8 Å². The molecule has 1 aliphatic heterocycles. The molecule has 1 atom stereocenters. The van der Waals surface area contributed by atoms with Gasteiger partial charge in [-0.15, -0.1) is 0 Å². The second-order valence-electron chi connectivity index (χ2n) is 3.94. The van der Waals surface area contributed by atoms with Gasteiger partial charge in [0.05, 0.1) is 6.10 Å². The molecular formula is C11H17N3O. The molecule has 1 aromatic heterocycles. The van der Waals surface area contributed by atoms with Gasteiger partial charge in [0.1, 0.15) is 5.82 Å². The molecule has 4 nitrogen and oxygen atoms in total. The second-order valence-corrected chi connectivity index (χ2v) is 3.94. The molecule has 0 spiro atoms. The second kappa shape index (κ2) is 4.68. The van der Waals surface area contributed by atoms with Crippen LogP contribution in [-0.4, -0.2) is 22.7 Å². The van der Waals surface area contributed by atoms with E-state index in [9.17, 15) is 0 Å². The molecule has 1 saturated heterocycles. The Labute approximate surface area is 89.9 Å². The van der Waals surface area contributed by atoms with Gasteiger partial charge in [0.15, 0.2) is 0 Å². The number of aryl methyl sites for hydroxylation is 1. The van der Waals surface area contributed by atoms with E-state index in [0.717, 1.165) is 43.0 Å². The van der Waals surface area contributed by atoms with Crippen molar-refractivity contribution in [3.63, 3.8) is 0 Å². The van der Waals surface area contributed by atoms with Crippen molar-refractivity contribution in [2.75, 3.05) is 6.61 Å². The summed E-state index contributed by atoms with van der Waals surface area (Å²) >= 11 is 0. The summed E-state index contributed by atoms with van der Waals surface area (Å²) in [6.45, 7) is 3.36. The van der Waals surface area contributed by atoms with Crippen LogP contribution in [0.5, 0.6) is 0 Å². The molecule has 1 aliphatic rings. The molecule has 0 aromatic carbocycles. The van der Waals surface area contributed by atoms with Gasteiger partial charge in [-0.1, -0.05) is 0 Å². The average Bonchev–Trinajstić information content (AvgIpc) is 2.71. The van der Waals surface area contributed by atoms with E-state index in [1.165, 1.54) is 0 Å². The minimum Gasteiger partial charge on any atom is -0.378 e. The van der Waals surface area contributed by atoms with E-state index in [2.05, 4.69) is 9.97 Å². The summed E-state index contributed by atoms with van der Waals surface area (Å²) in [5.41, 5.74) is 7.57. The molecule has 15 heavy (non-hydrogen) atoms. The van der Waals surface area contributed by atoms with E-state index in [1.54, 1.807) is 0 Å². The first kappa shape index (κ1) is 10.5. The molecule has 2 heterocycles. The number of hydrogen-bond acceptors (Lipinski definition) is 4. The highest BCUT2D eigenvalue weighted by atomic mass is 16.5. The van der Waals surface area contributed by atoms with Gasteiger partial charge in [0, 0.05) is 37.0 Å². The molecule has 0 amide bonds. The van der Waals surface area contributed by atoms with Crippen LogP contribution in [0.3, 0.4) is 0 Å². The summed E-state index contributed by atoms with van der Waals surface area (Å²) in [4.78, 5) is 8.74. The average molecular weight is 207 g/mol. The Balaban J connectivity index is 2.05. The van der Waals surface area contributed by atoms with Crippen LogP contribution in [-0.2, 0) is 17.7 Å². The van der Waals surface area contributed by atoms with Crippen molar-refractivity contribution in [1.29, 1.82) is 0 Å². The van der Waals surface area contributed by atoms with E-state index >= 15 is 0 Å². The molecule has 0 aliphatic carbocycles. The van der Waals surface area contributed by atoms with Crippen molar-refractivity contribution in [1.82, 2.24) is 9.97 Å². The lowest BCUT2D eigenvalue weighted by Crippen LogP contribution is -2.13. The van der Waals surface area contributed by atoms with Crippen molar-refractivity contribution < 1.29 is 4.74 Å². The number of nitrogens with two attached hydrogens (primary N) is 1. The predicted octanol–water partition coefficient (Wildman–Crippen LogP) is 0.965. The molecule has 1 fully saturated rings. The largest absolute Gasteiger partial charge is 0.378 e. The lowest BCUT2D eigenvalue weighted by Gasteiger charge is -2.09. The fourth-order valence-electron chi connectivity index (χ4n) is 1.85. The van der Waals surface area contributed by atoms with Gasteiger partial charge in [-0.25, -0.2) is 9.97 Å². The molecule has 1 unspecified atom stereocenters. The first-order valence-electron chi connectivity index (χ1n) is 5.42. The summed E-state index contributed by atoms with van der Waals surface area (Å²) < 4.78 is 5.55. The highest BCUT2D eigenvalue weighted by Gasteiger charge is 2.17. The summed E-state index contributed by atoms with van der Waals surface area (Å²) in [7, 11) is 0. The molecule has 82 valence electrons. The van der Waals surface area contributed by atoms with Crippen LogP contribution in [0.4, 0.5) is 0 Å². The quantitative estimate of drug-likeness (QED) is 0.802. The van der Waals surface area contributed by atoms with Crippen LogP contribution in [0.2, 0.25) is 0 Å². The Morgan fingerprint density at radius 2 is 2.47 bits per heavy atom. The minimum absolute atomic E-state index is 0.313. The molecule has 4 heteroatoms. The van der Waals surface area contributed by atoms with Gasteiger partial charge in [-0.3, -0.25) is 0 Å². The van der Waals surface area contributed by atoms with Gasteiger partial charge < -0.3 is 10.5 Å². The number of ether oxygens (including phenoxy) is 1. The van der Waals surface area contributed by atoms with Gasteiger partial charge in [-0.2, -0.15) is 0 Å². The van der Waals surface area contributed by atoms with E-state index < -0.39 is 0 Å². The van der Waals surface area contributed by atoms with Gasteiger partial charge in [0.25, 0.3) is 0 Å². The lowest BCUT2D eigenvalue weighted by molar-refractivity contribution is 0.110. The smallest absolute Gasteiger partial charge is 0.131 e. The predicted molar refractivity (Wildman–Crippen MR) is 57.3 cm³/mol. The standard InChI is InChI=1S/C11H17N3O/c1-8-9(6-12)7-13-11(14-8)5-10-3-2-4-15-10/h7,10H,2-6,12H2,1H3. The van der Waals surface area contributed by atoms with Crippen LogP contribution in [0, 0.1) is 6.92 Å². The number of nitrogens with zero attached hydrogens (tertiary/aromatic N) is 2. The minimum atomic E-state index is 0.313. The summed E-state index contributed by atoms with van der Waals surface area (Å²) in [5.74, 6) is 0.872. The SMILES string of the molecule is Cc1nc(CC2CCCO2)ncc1CN. The number of aromatic nitrogens is 2. The lowest BCUT2D eigenvalue weighted by atomic mass is 10.1. The molecular weight excluding hydrogens is 190 g/mol. The Morgan fingerprint density at radius 3 is 3.07 bits per heavy atom.